The lowest BCUT2D eigenvalue weighted by Crippen LogP contribution is -2.35. The third-order valence-electron chi connectivity index (χ3n) is 4.77. The molecule has 1 aromatic rings. The molecule has 0 aliphatic carbocycles. The zero-order valence-electron chi connectivity index (χ0n) is 16.3. The number of nitrogens with zero attached hydrogens (tertiary/aromatic N) is 2. The quantitative estimate of drug-likeness (QED) is 0.577. The average molecular weight is 398 g/mol. The molecule has 27 heavy (non-hydrogen) atoms. The number of likely N-dealkylation sites (N-methyl/N-ethyl adjacent to an activating group) is 1. The zero-order valence-corrected chi connectivity index (χ0v) is 17.1. The minimum absolute atomic E-state index is 0.0943. The Morgan fingerprint density at radius 3 is 2.44 bits per heavy atom. The molecular weight excluding hydrogens is 366 g/mol. The van der Waals surface area contributed by atoms with Gasteiger partial charge >= 0.3 is 0 Å². The van der Waals surface area contributed by atoms with Crippen molar-refractivity contribution >= 4 is 21.6 Å². The van der Waals surface area contributed by atoms with Crippen molar-refractivity contribution in [2.24, 2.45) is 0 Å². The monoisotopic (exact) mass is 397 g/mol. The van der Waals surface area contributed by atoms with Crippen molar-refractivity contribution in [3.63, 3.8) is 0 Å². The van der Waals surface area contributed by atoms with Crippen molar-refractivity contribution in [2.45, 2.75) is 38.0 Å². The van der Waals surface area contributed by atoms with Gasteiger partial charge in [-0.15, -0.1) is 0 Å². The summed E-state index contributed by atoms with van der Waals surface area (Å²) >= 11 is 0. The minimum atomic E-state index is -3.58. The van der Waals surface area contributed by atoms with Gasteiger partial charge in [-0.3, -0.25) is 4.79 Å². The van der Waals surface area contributed by atoms with Gasteiger partial charge in [-0.05, 0) is 50.2 Å². The van der Waals surface area contributed by atoms with E-state index in [4.69, 9.17) is 4.74 Å². The van der Waals surface area contributed by atoms with Crippen molar-refractivity contribution in [2.75, 3.05) is 50.8 Å². The first-order valence-electron chi connectivity index (χ1n) is 9.68. The lowest BCUT2D eigenvalue weighted by Gasteiger charge is -2.26. The number of anilines is 1. The van der Waals surface area contributed by atoms with E-state index in [0.717, 1.165) is 38.2 Å². The number of carbonyl (C=O) groups excluding carboxylic acids is 1. The van der Waals surface area contributed by atoms with Gasteiger partial charge in [0.25, 0.3) is 0 Å². The molecule has 1 amide bonds. The van der Waals surface area contributed by atoms with Crippen LogP contribution in [0.3, 0.4) is 0 Å². The molecule has 7 nitrogen and oxygen atoms in total. The third kappa shape index (κ3) is 6.57. The summed E-state index contributed by atoms with van der Waals surface area (Å²) in [5, 5.41) is 0. The van der Waals surface area contributed by atoms with E-state index in [1.54, 1.807) is 29.2 Å². The molecule has 0 atom stereocenters. The second kappa shape index (κ2) is 10.8. The van der Waals surface area contributed by atoms with Crippen molar-refractivity contribution in [1.82, 2.24) is 9.62 Å². The first-order valence-corrected chi connectivity index (χ1v) is 11.2. The van der Waals surface area contributed by atoms with Crippen LogP contribution in [0.5, 0.6) is 0 Å². The van der Waals surface area contributed by atoms with Gasteiger partial charge in [0.05, 0.1) is 18.1 Å². The Morgan fingerprint density at radius 1 is 1.11 bits per heavy atom. The lowest BCUT2D eigenvalue weighted by molar-refractivity contribution is -0.119. The highest BCUT2D eigenvalue weighted by Crippen LogP contribution is 2.22. The van der Waals surface area contributed by atoms with E-state index in [1.807, 2.05) is 0 Å². The van der Waals surface area contributed by atoms with Gasteiger partial charge in [-0.25, -0.2) is 13.1 Å². The number of hydrogen-bond acceptors (Lipinski definition) is 5. The Bertz CT molecular complexity index is 687. The van der Waals surface area contributed by atoms with Gasteiger partial charge in [-0.2, -0.15) is 0 Å². The second-order valence-corrected chi connectivity index (χ2v) is 8.30. The maximum absolute atomic E-state index is 12.4. The first-order chi connectivity index (χ1) is 13.0. The summed E-state index contributed by atoms with van der Waals surface area (Å²) in [4.78, 5) is 16.1. The van der Waals surface area contributed by atoms with Crippen LogP contribution in [-0.2, 0) is 19.6 Å². The standard InChI is InChI=1S/C19H31N3O4S/c1-3-21(4-2)14-16-26-15-12-20-27(24,25)18-10-8-17(9-11-18)22-13-6-5-7-19(22)23/h8-11,20H,3-7,12-16H2,1-2H3. The number of amides is 1. The van der Waals surface area contributed by atoms with E-state index < -0.39 is 10.0 Å². The average Bonchev–Trinajstić information content (AvgIpc) is 2.68. The Labute approximate surface area is 162 Å². The topological polar surface area (TPSA) is 79.0 Å². The van der Waals surface area contributed by atoms with Crippen LogP contribution in [0.4, 0.5) is 5.69 Å². The highest BCUT2D eigenvalue weighted by atomic mass is 32.2. The number of sulfonamides is 1. The molecule has 8 heteroatoms. The van der Waals surface area contributed by atoms with E-state index >= 15 is 0 Å². The van der Waals surface area contributed by atoms with Crippen molar-refractivity contribution in [3.05, 3.63) is 24.3 Å². The van der Waals surface area contributed by atoms with Crippen LogP contribution in [0.1, 0.15) is 33.1 Å². The summed E-state index contributed by atoms with van der Waals surface area (Å²) < 4.78 is 32.8. The number of benzene rings is 1. The summed E-state index contributed by atoms with van der Waals surface area (Å²) in [7, 11) is -3.58. The number of rotatable bonds is 11. The molecule has 1 heterocycles. The predicted molar refractivity (Wildman–Crippen MR) is 106 cm³/mol. The maximum Gasteiger partial charge on any atom is 0.240 e. The van der Waals surface area contributed by atoms with E-state index in [1.165, 1.54) is 0 Å². The van der Waals surface area contributed by atoms with E-state index in [9.17, 15) is 13.2 Å². The molecule has 0 bridgehead atoms. The first kappa shape index (κ1) is 21.8. The number of ether oxygens (including phenoxy) is 1. The summed E-state index contributed by atoms with van der Waals surface area (Å²) in [6, 6.07) is 6.47. The summed E-state index contributed by atoms with van der Waals surface area (Å²) in [5.41, 5.74) is 0.749. The Balaban J connectivity index is 1.79. The van der Waals surface area contributed by atoms with Crippen LogP contribution >= 0.6 is 0 Å². The van der Waals surface area contributed by atoms with Gasteiger partial charge in [0.2, 0.25) is 15.9 Å². The Kier molecular flexibility index (Phi) is 8.69. The van der Waals surface area contributed by atoms with E-state index in [-0.39, 0.29) is 17.3 Å². The maximum atomic E-state index is 12.4. The largest absolute Gasteiger partial charge is 0.379 e. The SMILES string of the molecule is CCN(CC)CCOCCNS(=O)(=O)c1ccc(N2CCCCC2=O)cc1. The molecular formula is C19H31N3O4S. The van der Waals surface area contributed by atoms with Crippen molar-refractivity contribution in [1.29, 1.82) is 0 Å². The van der Waals surface area contributed by atoms with Gasteiger partial charge in [0.15, 0.2) is 0 Å². The molecule has 1 aliphatic rings. The van der Waals surface area contributed by atoms with E-state index in [0.29, 0.717) is 26.2 Å². The fourth-order valence-corrected chi connectivity index (χ4v) is 4.06. The fourth-order valence-electron chi connectivity index (χ4n) is 3.05. The van der Waals surface area contributed by atoms with Crippen LogP contribution in [-0.4, -0.2) is 65.2 Å². The summed E-state index contributed by atoms with van der Waals surface area (Å²) in [6.45, 7) is 8.84. The van der Waals surface area contributed by atoms with Crippen LogP contribution in [0.25, 0.3) is 0 Å². The molecule has 152 valence electrons. The normalized spacial score (nSPS) is 15.5. The van der Waals surface area contributed by atoms with E-state index in [2.05, 4.69) is 23.5 Å². The molecule has 1 fully saturated rings. The number of nitrogens with one attached hydrogen (secondary N) is 1. The minimum Gasteiger partial charge on any atom is -0.379 e. The zero-order chi connectivity index (χ0) is 19.7. The molecule has 0 spiro atoms. The van der Waals surface area contributed by atoms with Crippen LogP contribution < -0.4 is 9.62 Å². The van der Waals surface area contributed by atoms with Gasteiger partial charge in [-0.1, -0.05) is 13.8 Å². The highest BCUT2D eigenvalue weighted by Gasteiger charge is 2.20. The highest BCUT2D eigenvalue weighted by molar-refractivity contribution is 7.89. The molecule has 1 N–H and O–H groups in total. The van der Waals surface area contributed by atoms with Crippen LogP contribution in [0.2, 0.25) is 0 Å². The molecule has 1 saturated heterocycles. The molecule has 1 aliphatic heterocycles. The Morgan fingerprint density at radius 2 is 1.81 bits per heavy atom. The number of carbonyl (C=O) groups is 1. The molecule has 0 unspecified atom stereocenters. The van der Waals surface area contributed by atoms with Crippen molar-refractivity contribution in [3.8, 4) is 0 Å². The third-order valence-corrected chi connectivity index (χ3v) is 6.24. The number of hydrogen-bond donors (Lipinski definition) is 1. The van der Waals surface area contributed by atoms with Crippen molar-refractivity contribution < 1.29 is 17.9 Å². The van der Waals surface area contributed by atoms with Gasteiger partial charge in [0.1, 0.15) is 0 Å². The van der Waals surface area contributed by atoms with Crippen LogP contribution in [0.15, 0.2) is 29.2 Å². The molecule has 0 aromatic heterocycles. The molecule has 2 rings (SSSR count). The summed E-state index contributed by atoms with van der Waals surface area (Å²) in [5.74, 6) is 0.0943. The summed E-state index contributed by atoms with van der Waals surface area (Å²) in [6.07, 6.45) is 2.44. The van der Waals surface area contributed by atoms with Crippen LogP contribution in [0, 0.1) is 0 Å². The fraction of sp³-hybridized carbons (Fsp3) is 0.632. The second-order valence-electron chi connectivity index (χ2n) is 6.53. The number of piperidine rings is 1. The lowest BCUT2D eigenvalue weighted by atomic mass is 10.1. The smallest absolute Gasteiger partial charge is 0.240 e. The predicted octanol–water partition coefficient (Wildman–Crippen LogP) is 1.84. The Hall–Kier alpha value is -1.48. The van der Waals surface area contributed by atoms with Gasteiger partial charge in [0, 0.05) is 31.7 Å². The molecule has 0 saturated carbocycles. The van der Waals surface area contributed by atoms with Gasteiger partial charge < -0.3 is 14.5 Å². The molecule has 1 aromatic carbocycles. The molecule has 0 radical (unpaired) electrons.